The number of halogens is 1. The summed E-state index contributed by atoms with van der Waals surface area (Å²) < 4.78 is 15.5. The molecule has 1 aliphatic carbocycles. The molecule has 0 aliphatic heterocycles. The van der Waals surface area contributed by atoms with Gasteiger partial charge in [0, 0.05) is 15.4 Å². The van der Waals surface area contributed by atoms with E-state index in [0.717, 1.165) is 21.0 Å². The van der Waals surface area contributed by atoms with Crippen LogP contribution in [0.2, 0.25) is 0 Å². The van der Waals surface area contributed by atoms with E-state index in [1.807, 2.05) is 31.2 Å². The summed E-state index contributed by atoms with van der Waals surface area (Å²) in [5.41, 5.74) is 0. The Labute approximate surface area is 122 Å². The van der Waals surface area contributed by atoms with Crippen LogP contribution >= 0.6 is 15.9 Å². The molecule has 1 aromatic carbocycles. The van der Waals surface area contributed by atoms with Gasteiger partial charge in [-0.25, -0.2) is 0 Å². The molecule has 100 valence electrons. The van der Waals surface area contributed by atoms with Crippen molar-refractivity contribution in [2.45, 2.75) is 36.5 Å². The van der Waals surface area contributed by atoms with Crippen LogP contribution in [0.25, 0.3) is 0 Å². The van der Waals surface area contributed by atoms with Gasteiger partial charge < -0.3 is 4.57 Å². The largest absolute Gasteiger partial charge is 0.311 e. The summed E-state index contributed by atoms with van der Waals surface area (Å²) in [6.07, 6.45) is 2.35. The monoisotopic (exact) mass is 339 g/mol. The lowest BCUT2D eigenvalue weighted by atomic mass is 10.4. The van der Waals surface area contributed by atoms with E-state index in [2.05, 4.69) is 30.7 Å². The lowest BCUT2D eigenvalue weighted by Crippen LogP contribution is -2.07. The third-order valence-corrected chi connectivity index (χ3v) is 4.96. The van der Waals surface area contributed by atoms with E-state index in [4.69, 9.17) is 0 Å². The minimum absolute atomic E-state index is 0.424. The van der Waals surface area contributed by atoms with Crippen LogP contribution in [0.15, 0.2) is 33.6 Å². The summed E-state index contributed by atoms with van der Waals surface area (Å²) in [7, 11) is -1.08. The van der Waals surface area contributed by atoms with E-state index < -0.39 is 10.8 Å². The average Bonchev–Trinajstić information content (AvgIpc) is 3.15. The Hall–Kier alpha value is -1.01. The first-order chi connectivity index (χ1) is 9.15. The number of rotatable bonds is 4. The molecular weight excluding hydrogens is 326 g/mol. The molecular formula is C13H14BrN3OS. The minimum Gasteiger partial charge on any atom is -0.311 e. The third kappa shape index (κ3) is 2.79. The van der Waals surface area contributed by atoms with Gasteiger partial charge in [-0.15, -0.1) is 10.2 Å². The molecule has 3 rings (SSSR count). The molecule has 0 saturated heterocycles. The highest BCUT2D eigenvalue weighted by atomic mass is 79.9. The molecule has 6 heteroatoms. The van der Waals surface area contributed by atoms with E-state index in [1.54, 1.807) is 0 Å². The Bertz CT molecular complexity index is 637. The van der Waals surface area contributed by atoms with Gasteiger partial charge in [-0.1, -0.05) is 22.0 Å². The zero-order valence-electron chi connectivity index (χ0n) is 10.5. The SMILES string of the molecule is Cc1nnc(CS(=O)c2cccc(Br)c2)n1C1CC1. The summed E-state index contributed by atoms with van der Waals surface area (Å²) in [5.74, 6) is 2.18. The topological polar surface area (TPSA) is 47.8 Å². The van der Waals surface area contributed by atoms with Gasteiger partial charge in [0.2, 0.25) is 0 Å². The molecule has 1 saturated carbocycles. The van der Waals surface area contributed by atoms with Crippen LogP contribution in [-0.2, 0) is 16.6 Å². The summed E-state index contributed by atoms with van der Waals surface area (Å²) in [6.45, 7) is 1.96. The zero-order valence-corrected chi connectivity index (χ0v) is 12.9. The maximum atomic E-state index is 12.4. The Morgan fingerprint density at radius 1 is 1.42 bits per heavy atom. The quantitative estimate of drug-likeness (QED) is 0.860. The van der Waals surface area contributed by atoms with Crippen molar-refractivity contribution in [3.8, 4) is 0 Å². The zero-order chi connectivity index (χ0) is 13.4. The first-order valence-electron chi connectivity index (χ1n) is 6.19. The fraction of sp³-hybridized carbons (Fsp3) is 0.385. The fourth-order valence-electron chi connectivity index (χ4n) is 2.13. The van der Waals surface area contributed by atoms with Crippen LogP contribution < -0.4 is 0 Å². The van der Waals surface area contributed by atoms with Gasteiger partial charge in [0.15, 0.2) is 0 Å². The van der Waals surface area contributed by atoms with Gasteiger partial charge in [0.1, 0.15) is 11.6 Å². The molecule has 19 heavy (non-hydrogen) atoms. The Balaban J connectivity index is 1.83. The first-order valence-corrected chi connectivity index (χ1v) is 8.30. The van der Waals surface area contributed by atoms with Crippen molar-refractivity contribution >= 4 is 26.7 Å². The molecule has 0 radical (unpaired) electrons. The molecule has 1 fully saturated rings. The molecule has 2 aromatic rings. The fourth-order valence-corrected chi connectivity index (χ4v) is 3.77. The van der Waals surface area contributed by atoms with Crippen molar-refractivity contribution in [3.63, 3.8) is 0 Å². The van der Waals surface area contributed by atoms with E-state index in [9.17, 15) is 4.21 Å². The lowest BCUT2D eigenvalue weighted by Gasteiger charge is -2.07. The maximum absolute atomic E-state index is 12.4. The average molecular weight is 340 g/mol. The second kappa shape index (κ2) is 5.17. The van der Waals surface area contributed by atoms with Crippen molar-refractivity contribution in [2.75, 3.05) is 0 Å². The van der Waals surface area contributed by atoms with E-state index in [1.165, 1.54) is 12.8 Å². The number of hydrogen-bond acceptors (Lipinski definition) is 3. The second-order valence-corrected chi connectivity index (χ2v) is 7.08. The van der Waals surface area contributed by atoms with Crippen molar-refractivity contribution < 1.29 is 4.21 Å². The van der Waals surface area contributed by atoms with Gasteiger partial charge in [-0.2, -0.15) is 0 Å². The van der Waals surface area contributed by atoms with Crippen molar-refractivity contribution in [1.82, 2.24) is 14.8 Å². The van der Waals surface area contributed by atoms with Crippen LogP contribution in [0, 0.1) is 6.92 Å². The predicted molar refractivity (Wildman–Crippen MR) is 77.3 cm³/mol. The highest BCUT2D eigenvalue weighted by Gasteiger charge is 2.28. The van der Waals surface area contributed by atoms with Crippen molar-refractivity contribution in [2.24, 2.45) is 0 Å². The van der Waals surface area contributed by atoms with Gasteiger partial charge in [-0.05, 0) is 38.0 Å². The van der Waals surface area contributed by atoms with Gasteiger partial charge in [0.25, 0.3) is 0 Å². The van der Waals surface area contributed by atoms with Crippen LogP contribution in [0.4, 0.5) is 0 Å². The number of hydrogen-bond donors (Lipinski definition) is 0. The molecule has 1 heterocycles. The third-order valence-electron chi connectivity index (χ3n) is 3.17. The molecule has 1 aromatic heterocycles. The van der Waals surface area contributed by atoms with E-state index in [0.29, 0.717) is 11.8 Å². The van der Waals surface area contributed by atoms with Crippen molar-refractivity contribution in [3.05, 3.63) is 40.4 Å². The lowest BCUT2D eigenvalue weighted by molar-refractivity contribution is 0.664. The Morgan fingerprint density at radius 3 is 2.89 bits per heavy atom. The van der Waals surface area contributed by atoms with Crippen LogP contribution in [-0.4, -0.2) is 19.0 Å². The van der Waals surface area contributed by atoms with Gasteiger partial charge in [0.05, 0.1) is 16.6 Å². The second-order valence-electron chi connectivity index (χ2n) is 4.71. The van der Waals surface area contributed by atoms with Crippen LogP contribution in [0.1, 0.15) is 30.5 Å². The molecule has 4 nitrogen and oxygen atoms in total. The number of aryl methyl sites for hydroxylation is 1. The van der Waals surface area contributed by atoms with Crippen LogP contribution in [0.3, 0.4) is 0 Å². The molecule has 0 spiro atoms. The molecule has 0 bridgehead atoms. The smallest absolute Gasteiger partial charge is 0.146 e. The standard InChI is InChI=1S/C13H14BrN3OS/c1-9-15-16-13(17(9)11-5-6-11)8-19(18)12-4-2-3-10(14)7-12/h2-4,7,11H,5-6,8H2,1H3. The summed E-state index contributed by atoms with van der Waals surface area (Å²) in [6, 6.07) is 8.11. The van der Waals surface area contributed by atoms with Gasteiger partial charge in [-0.3, -0.25) is 4.21 Å². The first kappa shape index (κ1) is 13.0. The molecule has 1 atom stereocenters. The van der Waals surface area contributed by atoms with Crippen LogP contribution in [0.5, 0.6) is 0 Å². The summed E-state index contributed by atoms with van der Waals surface area (Å²) in [4.78, 5) is 0.817. The highest BCUT2D eigenvalue weighted by molar-refractivity contribution is 9.10. The predicted octanol–water partition coefficient (Wildman–Crippen LogP) is 2.99. The van der Waals surface area contributed by atoms with E-state index >= 15 is 0 Å². The normalized spacial score (nSPS) is 16.5. The summed E-state index contributed by atoms with van der Waals surface area (Å²) >= 11 is 3.40. The number of benzene rings is 1. The summed E-state index contributed by atoms with van der Waals surface area (Å²) in [5, 5.41) is 8.28. The molecule has 0 N–H and O–H groups in total. The van der Waals surface area contributed by atoms with Crippen molar-refractivity contribution in [1.29, 1.82) is 0 Å². The number of nitrogens with zero attached hydrogens (tertiary/aromatic N) is 3. The molecule has 1 aliphatic rings. The highest BCUT2D eigenvalue weighted by Crippen LogP contribution is 2.36. The number of aromatic nitrogens is 3. The Kier molecular flexibility index (Phi) is 3.54. The minimum atomic E-state index is -1.08. The maximum Gasteiger partial charge on any atom is 0.146 e. The molecule has 0 amide bonds. The van der Waals surface area contributed by atoms with E-state index in [-0.39, 0.29) is 0 Å². The van der Waals surface area contributed by atoms with Gasteiger partial charge >= 0.3 is 0 Å². The Morgan fingerprint density at radius 2 is 2.21 bits per heavy atom. The molecule has 1 unspecified atom stereocenters.